The van der Waals surface area contributed by atoms with Crippen LogP contribution in [0.3, 0.4) is 0 Å². The highest BCUT2D eigenvalue weighted by Gasteiger charge is 2.19. The van der Waals surface area contributed by atoms with Gasteiger partial charge < -0.3 is 4.52 Å². The van der Waals surface area contributed by atoms with Gasteiger partial charge in [-0.25, -0.2) is 8.42 Å². The molecule has 0 aliphatic carbocycles. The predicted octanol–water partition coefficient (Wildman–Crippen LogP) is 4.83. The highest BCUT2D eigenvalue weighted by molar-refractivity contribution is 9.10. The number of aromatic nitrogens is 1. The first-order valence-electron chi connectivity index (χ1n) is 7.59. The molecule has 3 rings (SSSR count). The molecule has 0 aliphatic rings. The number of halogens is 1. The largest absolute Gasteiger partial charge is 0.356 e. The first-order chi connectivity index (χ1) is 11.8. The smallest absolute Gasteiger partial charge is 0.262 e. The Morgan fingerprint density at radius 3 is 2.40 bits per heavy atom. The van der Waals surface area contributed by atoms with Crippen LogP contribution in [0.4, 0.5) is 5.69 Å². The molecule has 0 unspecified atom stereocenters. The summed E-state index contributed by atoms with van der Waals surface area (Å²) >= 11 is 3.41. The molecule has 3 aromatic rings. The maximum absolute atomic E-state index is 12.8. The quantitative estimate of drug-likeness (QED) is 0.655. The van der Waals surface area contributed by atoms with Gasteiger partial charge in [0, 0.05) is 21.8 Å². The normalized spacial score (nSPS) is 11.5. The average Bonchev–Trinajstić information content (AvgIpc) is 2.97. The van der Waals surface area contributed by atoms with Crippen LogP contribution < -0.4 is 4.72 Å². The molecule has 25 heavy (non-hydrogen) atoms. The Hall–Kier alpha value is -2.12. The van der Waals surface area contributed by atoms with Crippen LogP contribution >= 0.6 is 15.9 Å². The molecule has 2 aromatic carbocycles. The molecule has 7 heteroatoms. The third kappa shape index (κ3) is 3.77. The summed E-state index contributed by atoms with van der Waals surface area (Å²) < 4.78 is 34.5. The monoisotopic (exact) mass is 420 g/mol. The number of anilines is 1. The van der Waals surface area contributed by atoms with E-state index in [0.717, 1.165) is 15.7 Å². The van der Waals surface area contributed by atoms with Crippen molar-refractivity contribution in [2.45, 2.75) is 25.7 Å². The number of benzene rings is 2. The molecule has 0 aliphatic heterocycles. The molecule has 0 atom stereocenters. The van der Waals surface area contributed by atoms with Crippen LogP contribution in [0.25, 0.3) is 11.3 Å². The van der Waals surface area contributed by atoms with Gasteiger partial charge in [0.2, 0.25) is 0 Å². The number of sulfonamides is 1. The van der Waals surface area contributed by atoms with E-state index in [1.807, 2.05) is 26.0 Å². The van der Waals surface area contributed by atoms with Gasteiger partial charge in [-0.05, 0) is 56.2 Å². The molecular weight excluding hydrogens is 404 g/mol. The van der Waals surface area contributed by atoms with Crippen LogP contribution in [-0.2, 0) is 10.0 Å². The zero-order valence-corrected chi connectivity index (χ0v) is 16.4. The second-order valence-corrected chi connectivity index (χ2v) is 8.39. The Morgan fingerprint density at radius 2 is 1.76 bits per heavy atom. The number of rotatable bonds is 4. The van der Waals surface area contributed by atoms with Gasteiger partial charge in [0.25, 0.3) is 10.0 Å². The molecule has 0 amide bonds. The van der Waals surface area contributed by atoms with E-state index in [4.69, 9.17) is 4.52 Å². The minimum absolute atomic E-state index is 0.208. The van der Waals surface area contributed by atoms with Crippen LogP contribution in [0.2, 0.25) is 0 Å². The molecule has 0 spiro atoms. The van der Waals surface area contributed by atoms with E-state index in [0.29, 0.717) is 22.6 Å². The molecule has 0 bridgehead atoms. The van der Waals surface area contributed by atoms with E-state index in [2.05, 4.69) is 25.8 Å². The Bertz CT molecular complexity index is 1040. The Kier molecular flexibility index (Phi) is 4.71. The molecule has 0 saturated carbocycles. The standard InChI is InChI=1S/C18H17BrN2O3S/c1-11-4-5-14(17-9-13(3)20-24-17)10-18(11)25(22,23)21-15-6-7-16(19)12(2)8-15/h4-10,21H,1-3H3. The van der Waals surface area contributed by atoms with Crippen molar-refractivity contribution in [3.8, 4) is 11.3 Å². The summed E-state index contributed by atoms with van der Waals surface area (Å²) in [7, 11) is -3.72. The molecular formula is C18H17BrN2O3S. The lowest BCUT2D eigenvalue weighted by Gasteiger charge is -2.12. The van der Waals surface area contributed by atoms with Crippen LogP contribution in [-0.4, -0.2) is 13.6 Å². The summed E-state index contributed by atoms with van der Waals surface area (Å²) in [6, 6.07) is 12.3. The summed E-state index contributed by atoms with van der Waals surface area (Å²) in [5.74, 6) is 0.536. The molecule has 1 aromatic heterocycles. The highest BCUT2D eigenvalue weighted by atomic mass is 79.9. The summed E-state index contributed by atoms with van der Waals surface area (Å²) in [5, 5.41) is 3.85. The van der Waals surface area contributed by atoms with Crippen molar-refractivity contribution in [3.05, 3.63) is 63.8 Å². The maximum Gasteiger partial charge on any atom is 0.262 e. The number of hydrogen-bond donors (Lipinski definition) is 1. The van der Waals surface area contributed by atoms with Crippen molar-refractivity contribution in [1.29, 1.82) is 0 Å². The molecule has 0 radical (unpaired) electrons. The SMILES string of the molecule is Cc1cc(-c2ccc(C)c(S(=O)(=O)Nc3ccc(Br)c(C)c3)c2)on1. The lowest BCUT2D eigenvalue weighted by Crippen LogP contribution is -2.14. The van der Waals surface area contributed by atoms with Gasteiger partial charge >= 0.3 is 0 Å². The van der Waals surface area contributed by atoms with E-state index < -0.39 is 10.0 Å². The fourth-order valence-corrected chi connectivity index (χ4v) is 4.03. The summed E-state index contributed by atoms with van der Waals surface area (Å²) in [4.78, 5) is 0.208. The Balaban J connectivity index is 2.00. The first kappa shape index (κ1) is 17.7. The van der Waals surface area contributed by atoms with Crippen molar-refractivity contribution in [3.63, 3.8) is 0 Å². The van der Waals surface area contributed by atoms with Gasteiger partial charge in [0.05, 0.1) is 10.6 Å². The van der Waals surface area contributed by atoms with Crippen LogP contribution in [0.5, 0.6) is 0 Å². The van der Waals surface area contributed by atoms with E-state index in [9.17, 15) is 8.42 Å². The maximum atomic E-state index is 12.8. The van der Waals surface area contributed by atoms with Crippen molar-refractivity contribution in [2.24, 2.45) is 0 Å². The Labute approximate surface area is 155 Å². The first-order valence-corrected chi connectivity index (χ1v) is 9.87. The van der Waals surface area contributed by atoms with Gasteiger partial charge in [0.1, 0.15) is 0 Å². The van der Waals surface area contributed by atoms with E-state index >= 15 is 0 Å². The lowest BCUT2D eigenvalue weighted by atomic mass is 10.1. The second-order valence-electron chi connectivity index (χ2n) is 5.88. The second kappa shape index (κ2) is 6.65. The number of nitrogens with zero attached hydrogens (tertiary/aromatic N) is 1. The van der Waals surface area contributed by atoms with Crippen molar-refractivity contribution in [2.75, 3.05) is 4.72 Å². The average molecular weight is 421 g/mol. The van der Waals surface area contributed by atoms with Gasteiger partial charge in [-0.1, -0.05) is 33.2 Å². The lowest BCUT2D eigenvalue weighted by molar-refractivity contribution is 0.427. The van der Waals surface area contributed by atoms with Crippen molar-refractivity contribution < 1.29 is 12.9 Å². The van der Waals surface area contributed by atoms with Crippen molar-refractivity contribution >= 4 is 31.6 Å². The van der Waals surface area contributed by atoms with Crippen LogP contribution in [0.1, 0.15) is 16.8 Å². The zero-order valence-electron chi connectivity index (χ0n) is 14.0. The summed E-state index contributed by atoms with van der Waals surface area (Å²) in [5.41, 5.74) is 3.52. The highest BCUT2D eigenvalue weighted by Crippen LogP contribution is 2.28. The number of hydrogen-bond acceptors (Lipinski definition) is 4. The van der Waals surface area contributed by atoms with E-state index in [1.165, 1.54) is 0 Å². The van der Waals surface area contributed by atoms with Crippen LogP contribution in [0.15, 0.2) is 56.4 Å². The van der Waals surface area contributed by atoms with Crippen molar-refractivity contribution in [1.82, 2.24) is 5.16 Å². The van der Waals surface area contributed by atoms with E-state index in [-0.39, 0.29) is 4.90 Å². The van der Waals surface area contributed by atoms with Gasteiger partial charge in [-0.3, -0.25) is 4.72 Å². The number of nitrogens with one attached hydrogen (secondary N) is 1. The molecule has 0 fully saturated rings. The minimum Gasteiger partial charge on any atom is -0.356 e. The van der Waals surface area contributed by atoms with Gasteiger partial charge in [0.15, 0.2) is 5.76 Å². The predicted molar refractivity (Wildman–Crippen MR) is 101 cm³/mol. The fraction of sp³-hybridized carbons (Fsp3) is 0.167. The molecule has 1 heterocycles. The topological polar surface area (TPSA) is 72.2 Å². The molecule has 130 valence electrons. The van der Waals surface area contributed by atoms with E-state index in [1.54, 1.807) is 37.3 Å². The molecule has 0 saturated heterocycles. The fourth-order valence-electron chi connectivity index (χ4n) is 2.46. The summed E-state index contributed by atoms with van der Waals surface area (Å²) in [6.45, 7) is 5.48. The van der Waals surface area contributed by atoms with Crippen LogP contribution in [0, 0.1) is 20.8 Å². The minimum atomic E-state index is -3.72. The Morgan fingerprint density at radius 1 is 1.00 bits per heavy atom. The third-order valence-corrected chi connectivity index (χ3v) is 6.21. The van der Waals surface area contributed by atoms with Gasteiger partial charge in [-0.2, -0.15) is 0 Å². The zero-order chi connectivity index (χ0) is 18.2. The molecule has 1 N–H and O–H groups in total. The number of aryl methyl sites for hydroxylation is 3. The summed E-state index contributed by atoms with van der Waals surface area (Å²) in [6.07, 6.45) is 0. The third-order valence-electron chi connectivity index (χ3n) is 3.80. The molecule has 5 nitrogen and oxygen atoms in total. The van der Waals surface area contributed by atoms with Gasteiger partial charge in [-0.15, -0.1) is 0 Å².